The number of nitrogen functional groups attached to an aromatic ring is 1. The Morgan fingerprint density at radius 2 is 1.89 bits per heavy atom. The normalized spacial score (nSPS) is 10.6. The predicted octanol–water partition coefficient (Wildman–Crippen LogP) is 1.75. The molecule has 0 fully saturated rings. The van der Waals surface area contributed by atoms with Crippen molar-refractivity contribution in [2.45, 2.75) is 27.2 Å². The molecular weight excluding hydrogens is 250 g/mol. The summed E-state index contributed by atoms with van der Waals surface area (Å²) in [6, 6.07) is 5.69. The quantitative estimate of drug-likeness (QED) is 0.574. The first-order valence-electron chi connectivity index (χ1n) is 5.48. The molecule has 0 heterocycles. The zero-order chi connectivity index (χ0) is 13.2. The van der Waals surface area contributed by atoms with Crippen LogP contribution in [0.3, 0.4) is 0 Å². The van der Waals surface area contributed by atoms with Crippen LogP contribution in [0.2, 0.25) is 0 Å². The molecule has 0 atom stereocenters. The average Bonchev–Trinajstić information content (AvgIpc) is 2.20. The van der Waals surface area contributed by atoms with Gasteiger partial charge in [-0.15, -0.1) is 12.4 Å². The third kappa shape index (κ3) is 3.74. The minimum Gasteiger partial charge on any atom is -0.384 e. The minimum atomic E-state index is -0.594. The lowest BCUT2D eigenvalue weighted by Crippen LogP contribution is -2.33. The maximum atomic E-state index is 11.3. The summed E-state index contributed by atoms with van der Waals surface area (Å²) >= 11 is 0. The molecule has 1 rings (SSSR count). The molecule has 1 aromatic carbocycles. The van der Waals surface area contributed by atoms with Crippen LogP contribution in [-0.2, 0) is 11.2 Å². The Balaban J connectivity index is 0.00000289. The van der Waals surface area contributed by atoms with Gasteiger partial charge in [-0.05, 0) is 30.5 Å². The van der Waals surface area contributed by atoms with Crippen molar-refractivity contribution >= 4 is 24.1 Å². The fourth-order valence-corrected chi connectivity index (χ4v) is 1.67. The van der Waals surface area contributed by atoms with Gasteiger partial charge >= 0.3 is 0 Å². The van der Waals surface area contributed by atoms with Gasteiger partial charge < -0.3 is 11.5 Å². The number of amides is 1. The number of amidine groups is 1. The van der Waals surface area contributed by atoms with Crippen molar-refractivity contribution in [2.24, 2.45) is 16.9 Å². The second-order valence-corrected chi connectivity index (χ2v) is 4.99. The molecular formula is C13H20ClN3O. The maximum Gasteiger partial charge on any atom is 0.223 e. The number of aryl methyl sites for hydroxylation is 1. The van der Waals surface area contributed by atoms with E-state index in [0.29, 0.717) is 12.0 Å². The first kappa shape index (κ1) is 16.4. The van der Waals surface area contributed by atoms with Crippen LogP contribution < -0.4 is 11.5 Å². The molecule has 0 unspecified atom stereocenters. The number of carbonyl (C=O) groups is 1. The Kier molecular flexibility index (Phi) is 5.36. The standard InChI is InChI=1S/C13H19N3O.ClH/c1-8-4-5-9(6-10(8)11(14)15)7-13(2,3)12(16)17;/h4-6H,7H2,1-3H3,(H3,14,15)(H2,16,17);1H. The van der Waals surface area contributed by atoms with Crippen molar-refractivity contribution in [3.05, 3.63) is 34.9 Å². The predicted molar refractivity (Wildman–Crippen MR) is 76.1 cm³/mol. The number of carbonyl (C=O) groups excluding carboxylic acids is 1. The fraction of sp³-hybridized carbons (Fsp3) is 0.385. The van der Waals surface area contributed by atoms with Gasteiger partial charge in [0.25, 0.3) is 0 Å². The molecule has 0 spiro atoms. The number of halogens is 1. The van der Waals surface area contributed by atoms with Crippen LogP contribution >= 0.6 is 12.4 Å². The average molecular weight is 270 g/mol. The van der Waals surface area contributed by atoms with E-state index in [4.69, 9.17) is 16.9 Å². The van der Waals surface area contributed by atoms with Gasteiger partial charge in [-0.25, -0.2) is 0 Å². The highest BCUT2D eigenvalue weighted by atomic mass is 35.5. The van der Waals surface area contributed by atoms with E-state index < -0.39 is 5.41 Å². The van der Waals surface area contributed by atoms with Gasteiger partial charge in [0.1, 0.15) is 5.84 Å². The first-order valence-corrected chi connectivity index (χ1v) is 5.48. The van der Waals surface area contributed by atoms with Gasteiger partial charge in [-0.1, -0.05) is 26.0 Å². The Morgan fingerprint density at radius 1 is 1.33 bits per heavy atom. The number of rotatable bonds is 4. The number of benzene rings is 1. The monoisotopic (exact) mass is 269 g/mol. The van der Waals surface area contributed by atoms with E-state index in [1.54, 1.807) is 0 Å². The lowest BCUT2D eigenvalue weighted by atomic mass is 9.84. The van der Waals surface area contributed by atoms with E-state index in [0.717, 1.165) is 11.1 Å². The molecule has 0 aliphatic heterocycles. The van der Waals surface area contributed by atoms with Gasteiger partial charge in [-0.3, -0.25) is 10.2 Å². The van der Waals surface area contributed by atoms with Crippen LogP contribution in [0.25, 0.3) is 0 Å². The smallest absolute Gasteiger partial charge is 0.223 e. The van der Waals surface area contributed by atoms with Gasteiger partial charge in [0, 0.05) is 11.0 Å². The maximum absolute atomic E-state index is 11.3. The van der Waals surface area contributed by atoms with Crippen molar-refractivity contribution in [3.8, 4) is 0 Å². The summed E-state index contributed by atoms with van der Waals surface area (Å²) in [7, 11) is 0. The fourth-order valence-electron chi connectivity index (χ4n) is 1.67. The topological polar surface area (TPSA) is 93.0 Å². The van der Waals surface area contributed by atoms with Crippen molar-refractivity contribution < 1.29 is 4.79 Å². The first-order chi connectivity index (χ1) is 7.74. The summed E-state index contributed by atoms with van der Waals surface area (Å²) in [5.74, 6) is -0.288. The van der Waals surface area contributed by atoms with E-state index in [1.807, 2.05) is 39.0 Å². The van der Waals surface area contributed by atoms with Crippen LogP contribution in [0.15, 0.2) is 18.2 Å². The van der Waals surface area contributed by atoms with Gasteiger partial charge in [0.2, 0.25) is 5.91 Å². The molecule has 1 amide bonds. The molecule has 4 nitrogen and oxygen atoms in total. The number of primary amides is 1. The number of nitrogens with two attached hydrogens (primary N) is 2. The lowest BCUT2D eigenvalue weighted by Gasteiger charge is -2.21. The van der Waals surface area contributed by atoms with E-state index in [-0.39, 0.29) is 24.1 Å². The SMILES string of the molecule is Cc1ccc(CC(C)(C)C(N)=O)cc1C(=N)N.Cl. The summed E-state index contributed by atoms with van der Waals surface area (Å²) in [6.45, 7) is 5.52. The van der Waals surface area contributed by atoms with E-state index >= 15 is 0 Å². The summed E-state index contributed by atoms with van der Waals surface area (Å²) < 4.78 is 0. The highest BCUT2D eigenvalue weighted by Crippen LogP contribution is 2.22. The minimum absolute atomic E-state index is 0. The summed E-state index contributed by atoms with van der Waals surface area (Å²) in [6.07, 6.45) is 0.545. The summed E-state index contributed by atoms with van der Waals surface area (Å²) in [5, 5.41) is 7.47. The zero-order valence-corrected chi connectivity index (χ0v) is 11.7. The van der Waals surface area contributed by atoms with Crippen LogP contribution in [0.5, 0.6) is 0 Å². The molecule has 0 saturated carbocycles. The van der Waals surface area contributed by atoms with Crippen LogP contribution in [-0.4, -0.2) is 11.7 Å². The van der Waals surface area contributed by atoms with E-state index in [9.17, 15) is 4.79 Å². The third-order valence-corrected chi connectivity index (χ3v) is 2.91. The van der Waals surface area contributed by atoms with Gasteiger partial charge in [0.15, 0.2) is 0 Å². The molecule has 0 aromatic heterocycles. The van der Waals surface area contributed by atoms with Gasteiger partial charge in [0.05, 0.1) is 0 Å². The molecule has 0 aliphatic rings. The van der Waals surface area contributed by atoms with Crippen LogP contribution in [0.4, 0.5) is 0 Å². The number of hydrogen-bond donors (Lipinski definition) is 3. The van der Waals surface area contributed by atoms with Crippen molar-refractivity contribution in [1.29, 1.82) is 5.41 Å². The van der Waals surface area contributed by atoms with E-state index in [1.165, 1.54) is 0 Å². The lowest BCUT2D eigenvalue weighted by molar-refractivity contribution is -0.125. The molecule has 0 radical (unpaired) electrons. The molecule has 5 heteroatoms. The van der Waals surface area contributed by atoms with Crippen LogP contribution in [0, 0.1) is 17.7 Å². The molecule has 0 saturated heterocycles. The third-order valence-electron chi connectivity index (χ3n) is 2.91. The molecule has 100 valence electrons. The Hall–Kier alpha value is -1.55. The molecule has 1 aromatic rings. The summed E-state index contributed by atoms with van der Waals surface area (Å²) in [4.78, 5) is 11.3. The number of hydrogen-bond acceptors (Lipinski definition) is 2. The highest BCUT2D eigenvalue weighted by molar-refractivity contribution is 5.96. The zero-order valence-electron chi connectivity index (χ0n) is 10.9. The Morgan fingerprint density at radius 3 is 2.33 bits per heavy atom. The van der Waals surface area contributed by atoms with E-state index in [2.05, 4.69) is 0 Å². The van der Waals surface area contributed by atoms with Crippen molar-refractivity contribution in [1.82, 2.24) is 0 Å². The largest absolute Gasteiger partial charge is 0.384 e. The van der Waals surface area contributed by atoms with Crippen molar-refractivity contribution in [3.63, 3.8) is 0 Å². The second kappa shape index (κ2) is 5.87. The molecule has 0 bridgehead atoms. The van der Waals surface area contributed by atoms with Crippen molar-refractivity contribution in [2.75, 3.05) is 0 Å². The van der Waals surface area contributed by atoms with Gasteiger partial charge in [-0.2, -0.15) is 0 Å². The Bertz CT molecular complexity index is 469. The molecule has 5 N–H and O–H groups in total. The van der Waals surface area contributed by atoms with Crippen LogP contribution in [0.1, 0.15) is 30.5 Å². The highest BCUT2D eigenvalue weighted by Gasteiger charge is 2.25. The number of nitrogens with one attached hydrogen (secondary N) is 1. The molecule has 0 aliphatic carbocycles. The molecule has 18 heavy (non-hydrogen) atoms. The second-order valence-electron chi connectivity index (χ2n) is 4.99. The summed E-state index contributed by atoms with van der Waals surface area (Å²) in [5.41, 5.74) is 12.9. The Labute approximate surface area is 114 Å².